The summed E-state index contributed by atoms with van der Waals surface area (Å²) >= 11 is 0. The number of alkyl halides is 3. The molecule has 0 radical (unpaired) electrons. The van der Waals surface area contributed by atoms with Crippen LogP contribution in [0.4, 0.5) is 30.5 Å². The molecular weight excluding hydrogens is 355 g/mol. The summed E-state index contributed by atoms with van der Waals surface area (Å²) in [6.45, 7) is 0.803. The third kappa shape index (κ3) is 3.27. The summed E-state index contributed by atoms with van der Waals surface area (Å²) < 4.78 is 40.3. The number of benzene rings is 2. The molecule has 142 valence electrons. The highest BCUT2D eigenvalue weighted by molar-refractivity contribution is 5.83. The van der Waals surface area contributed by atoms with E-state index in [-0.39, 0.29) is 12.8 Å². The van der Waals surface area contributed by atoms with Gasteiger partial charge in [-0.05, 0) is 55.3 Å². The monoisotopic (exact) mass is 375 g/mol. The van der Waals surface area contributed by atoms with Crippen molar-refractivity contribution in [3.63, 3.8) is 0 Å². The van der Waals surface area contributed by atoms with Crippen LogP contribution in [-0.4, -0.2) is 28.8 Å². The lowest BCUT2D eigenvalue weighted by Gasteiger charge is -2.34. The minimum absolute atomic E-state index is 0.131. The predicted octanol–water partition coefficient (Wildman–Crippen LogP) is 3.97. The van der Waals surface area contributed by atoms with Crippen LogP contribution in [0.1, 0.15) is 12.8 Å². The fraction of sp³-hybridized carbons (Fsp3) is 0.316. The van der Waals surface area contributed by atoms with Crippen molar-refractivity contribution in [2.24, 2.45) is 5.92 Å². The molecule has 1 fully saturated rings. The van der Waals surface area contributed by atoms with Gasteiger partial charge in [0.05, 0.1) is 17.0 Å². The van der Waals surface area contributed by atoms with E-state index in [1.165, 1.54) is 0 Å². The van der Waals surface area contributed by atoms with E-state index in [2.05, 4.69) is 4.98 Å². The summed E-state index contributed by atoms with van der Waals surface area (Å²) in [5, 5.41) is 0. The van der Waals surface area contributed by atoms with Crippen LogP contribution in [0.15, 0.2) is 42.5 Å². The molecule has 1 aliphatic rings. The van der Waals surface area contributed by atoms with Crippen LogP contribution in [0.25, 0.3) is 16.7 Å². The van der Waals surface area contributed by atoms with Gasteiger partial charge in [-0.15, -0.1) is 0 Å². The first kappa shape index (κ1) is 17.5. The highest BCUT2D eigenvalue weighted by Gasteiger charge is 2.41. The van der Waals surface area contributed by atoms with Crippen molar-refractivity contribution >= 4 is 28.4 Å². The Labute approximate surface area is 154 Å². The van der Waals surface area contributed by atoms with Gasteiger partial charge in [-0.3, -0.25) is 4.57 Å². The number of piperidine rings is 1. The molecule has 1 aliphatic heterocycles. The molecule has 3 aromatic rings. The number of fused-ring (bicyclic) bond motifs is 1. The molecule has 27 heavy (non-hydrogen) atoms. The Balaban J connectivity index is 1.56. The zero-order valence-corrected chi connectivity index (χ0v) is 14.6. The minimum Gasteiger partial charge on any atom is -0.399 e. The highest BCUT2D eigenvalue weighted by Crippen LogP contribution is 2.35. The molecule has 0 aliphatic carbocycles. The molecule has 2 heterocycles. The van der Waals surface area contributed by atoms with E-state index in [9.17, 15) is 13.2 Å². The quantitative estimate of drug-likeness (QED) is 0.665. The smallest absolute Gasteiger partial charge is 0.391 e. The van der Waals surface area contributed by atoms with Gasteiger partial charge in [-0.25, -0.2) is 4.98 Å². The number of rotatable bonds is 2. The maximum Gasteiger partial charge on any atom is 0.391 e. The molecule has 2 aromatic carbocycles. The Morgan fingerprint density at radius 1 is 0.926 bits per heavy atom. The molecule has 1 aromatic heterocycles. The topological polar surface area (TPSA) is 73.1 Å². The molecule has 0 atom stereocenters. The Kier molecular flexibility index (Phi) is 4.13. The maximum atomic E-state index is 12.8. The van der Waals surface area contributed by atoms with Crippen LogP contribution < -0.4 is 16.4 Å². The first-order chi connectivity index (χ1) is 12.8. The van der Waals surface area contributed by atoms with Crippen LogP contribution in [-0.2, 0) is 0 Å². The standard InChI is InChI=1S/C19H20F3N5/c20-19(21,22)12-7-9-26(10-8-12)14-2-4-15(5-3-14)27-17-6-1-13(23)11-16(17)25-18(27)24/h1-6,11-12H,7-10,23H2,(H2,24,25). The third-order valence-corrected chi connectivity index (χ3v) is 5.14. The van der Waals surface area contributed by atoms with Gasteiger partial charge in [0.2, 0.25) is 5.95 Å². The number of anilines is 3. The molecule has 1 saturated heterocycles. The fourth-order valence-electron chi connectivity index (χ4n) is 3.66. The lowest BCUT2D eigenvalue weighted by Crippen LogP contribution is -2.38. The molecule has 4 rings (SSSR count). The van der Waals surface area contributed by atoms with Crippen LogP contribution in [0, 0.1) is 5.92 Å². The van der Waals surface area contributed by atoms with Crippen molar-refractivity contribution in [2.45, 2.75) is 19.0 Å². The summed E-state index contributed by atoms with van der Waals surface area (Å²) in [5.74, 6) is -0.841. The maximum absolute atomic E-state index is 12.8. The van der Waals surface area contributed by atoms with Crippen LogP contribution >= 0.6 is 0 Å². The van der Waals surface area contributed by atoms with Crippen LogP contribution in [0.3, 0.4) is 0 Å². The molecule has 8 heteroatoms. The van der Waals surface area contributed by atoms with E-state index in [0.717, 1.165) is 16.9 Å². The summed E-state index contributed by atoms with van der Waals surface area (Å²) in [6.07, 6.45) is -3.84. The van der Waals surface area contributed by atoms with E-state index in [1.807, 2.05) is 39.8 Å². The molecule has 5 nitrogen and oxygen atoms in total. The van der Waals surface area contributed by atoms with Crippen molar-refractivity contribution < 1.29 is 13.2 Å². The zero-order valence-electron chi connectivity index (χ0n) is 14.6. The van der Waals surface area contributed by atoms with Gasteiger partial charge in [0, 0.05) is 30.2 Å². The Hall–Kier alpha value is -2.90. The van der Waals surface area contributed by atoms with Gasteiger partial charge in [0.15, 0.2) is 0 Å². The summed E-state index contributed by atoms with van der Waals surface area (Å²) in [5.41, 5.74) is 15.8. The largest absolute Gasteiger partial charge is 0.399 e. The predicted molar refractivity (Wildman–Crippen MR) is 101 cm³/mol. The number of nitrogens with two attached hydrogens (primary N) is 2. The Bertz CT molecular complexity index is 954. The van der Waals surface area contributed by atoms with Gasteiger partial charge in [-0.2, -0.15) is 13.2 Å². The normalized spacial score (nSPS) is 16.2. The molecule has 4 N–H and O–H groups in total. The number of aromatic nitrogens is 2. The van der Waals surface area contributed by atoms with Gasteiger partial charge < -0.3 is 16.4 Å². The molecule has 0 spiro atoms. The first-order valence-electron chi connectivity index (χ1n) is 8.78. The number of imidazole rings is 1. The highest BCUT2D eigenvalue weighted by atomic mass is 19.4. The van der Waals surface area contributed by atoms with Gasteiger partial charge in [-0.1, -0.05) is 0 Å². The Morgan fingerprint density at radius 3 is 2.19 bits per heavy atom. The van der Waals surface area contributed by atoms with Crippen LogP contribution in [0.5, 0.6) is 0 Å². The Morgan fingerprint density at radius 2 is 1.56 bits per heavy atom. The number of halogens is 3. The van der Waals surface area contributed by atoms with E-state index >= 15 is 0 Å². The fourth-order valence-corrected chi connectivity index (χ4v) is 3.66. The number of nitrogen functional groups attached to an aromatic ring is 2. The van der Waals surface area contributed by atoms with Gasteiger partial charge in [0.25, 0.3) is 0 Å². The summed E-state index contributed by atoms with van der Waals surface area (Å²) in [4.78, 5) is 6.33. The average Bonchev–Trinajstić information content (AvgIpc) is 2.96. The average molecular weight is 375 g/mol. The molecule has 0 saturated carbocycles. The summed E-state index contributed by atoms with van der Waals surface area (Å²) in [7, 11) is 0. The van der Waals surface area contributed by atoms with Crippen molar-refractivity contribution in [3.05, 3.63) is 42.5 Å². The minimum atomic E-state index is -4.10. The van der Waals surface area contributed by atoms with E-state index in [4.69, 9.17) is 11.5 Å². The SMILES string of the molecule is Nc1ccc2c(c1)nc(N)n2-c1ccc(N2CCC(C(F)(F)F)CC2)cc1. The van der Waals surface area contributed by atoms with E-state index in [1.54, 1.807) is 12.1 Å². The second-order valence-electron chi connectivity index (χ2n) is 6.87. The molecule has 0 bridgehead atoms. The second kappa shape index (κ2) is 6.37. The first-order valence-corrected chi connectivity index (χ1v) is 8.78. The van der Waals surface area contributed by atoms with Crippen molar-refractivity contribution in [2.75, 3.05) is 29.5 Å². The molecular formula is C19H20F3N5. The van der Waals surface area contributed by atoms with Crippen molar-refractivity contribution in [1.82, 2.24) is 9.55 Å². The number of hydrogen-bond donors (Lipinski definition) is 2. The lowest BCUT2D eigenvalue weighted by molar-refractivity contribution is -0.179. The third-order valence-electron chi connectivity index (χ3n) is 5.14. The van der Waals surface area contributed by atoms with Crippen LogP contribution in [0.2, 0.25) is 0 Å². The summed E-state index contributed by atoms with van der Waals surface area (Å²) in [6, 6.07) is 13.0. The van der Waals surface area contributed by atoms with Crippen molar-refractivity contribution in [3.8, 4) is 5.69 Å². The zero-order chi connectivity index (χ0) is 19.2. The van der Waals surface area contributed by atoms with E-state index in [0.29, 0.717) is 30.2 Å². The molecule has 0 unspecified atom stereocenters. The van der Waals surface area contributed by atoms with Crippen molar-refractivity contribution in [1.29, 1.82) is 0 Å². The van der Waals surface area contributed by atoms with Gasteiger partial charge in [0.1, 0.15) is 0 Å². The number of nitrogens with zero attached hydrogens (tertiary/aromatic N) is 3. The molecule has 0 amide bonds. The number of hydrogen-bond acceptors (Lipinski definition) is 4. The van der Waals surface area contributed by atoms with E-state index < -0.39 is 12.1 Å². The lowest BCUT2D eigenvalue weighted by atomic mass is 9.96. The van der Waals surface area contributed by atoms with Gasteiger partial charge >= 0.3 is 6.18 Å². The second-order valence-corrected chi connectivity index (χ2v) is 6.87.